The summed E-state index contributed by atoms with van der Waals surface area (Å²) in [7, 11) is 2.14. The summed E-state index contributed by atoms with van der Waals surface area (Å²) < 4.78 is 0. The summed E-state index contributed by atoms with van der Waals surface area (Å²) in [4.78, 5) is 2.30. The maximum atomic E-state index is 9.63. The molecule has 1 aromatic rings. The molecule has 1 saturated carbocycles. The molecule has 1 aliphatic rings. The lowest BCUT2D eigenvalue weighted by molar-refractivity contribution is 0.162. The van der Waals surface area contributed by atoms with Crippen molar-refractivity contribution in [2.75, 3.05) is 25.1 Å². The Bertz CT molecular complexity index is 427. The Morgan fingerprint density at radius 1 is 1.29 bits per heavy atom. The molecule has 1 aromatic carbocycles. The maximum absolute atomic E-state index is 9.63. The molecule has 0 aliphatic heterocycles. The van der Waals surface area contributed by atoms with Gasteiger partial charge in [-0.25, -0.2) is 0 Å². The van der Waals surface area contributed by atoms with Crippen molar-refractivity contribution < 1.29 is 5.11 Å². The van der Waals surface area contributed by atoms with Crippen molar-refractivity contribution in [3.05, 3.63) is 29.8 Å². The van der Waals surface area contributed by atoms with E-state index >= 15 is 0 Å². The van der Waals surface area contributed by atoms with Gasteiger partial charge in [0.25, 0.3) is 0 Å². The SMILES string of the molecule is CCc1ccc(N(C)CCCC(C)(CO)NC2CC2)cc1. The van der Waals surface area contributed by atoms with E-state index in [4.69, 9.17) is 0 Å². The highest BCUT2D eigenvalue weighted by Crippen LogP contribution is 2.25. The molecule has 0 saturated heterocycles. The molecule has 0 radical (unpaired) electrons. The summed E-state index contributed by atoms with van der Waals surface area (Å²) in [6.45, 7) is 5.56. The Morgan fingerprint density at radius 2 is 1.95 bits per heavy atom. The molecule has 21 heavy (non-hydrogen) atoms. The number of nitrogens with one attached hydrogen (secondary N) is 1. The molecule has 3 nitrogen and oxygen atoms in total. The molecule has 1 unspecified atom stereocenters. The predicted molar refractivity (Wildman–Crippen MR) is 90.0 cm³/mol. The Labute approximate surface area is 129 Å². The number of aliphatic hydroxyl groups excluding tert-OH is 1. The number of aryl methyl sites for hydroxylation is 1. The fourth-order valence-corrected chi connectivity index (χ4v) is 2.74. The molecular formula is C18H30N2O. The van der Waals surface area contributed by atoms with Crippen LogP contribution in [0.15, 0.2) is 24.3 Å². The largest absolute Gasteiger partial charge is 0.394 e. The van der Waals surface area contributed by atoms with Gasteiger partial charge in [-0.15, -0.1) is 0 Å². The average Bonchev–Trinajstić information content (AvgIpc) is 3.31. The minimum atomic E-state index is -0.117. The van der Waals surface area contributed by atoms with E-state index in [1.807, 2.05) is 0 Å². The van der Waals surface area contributed by atoms with Crippen LogP contribution in [-0.2, 0) is 6.42 Å². The van der Waals surface area contributed by atoms with E-state index in [1.165, 1.54) is 24.1 Å². The number of benzene rings is 1. The number of rotatable bonds is 9. The van der Waals surface area contributed by atoms with E-state index in [9.17, 15) is 5.11 Å². The number of nitrogens with zero attached hydrogens (tertiary/aromatic N) is 1. The lowest BCUT2D eigenvalue weighted by atomic mass is 9.96. The van der Waals surface area contributed by atoms with Crippen LogP contribution in [0.4, 0.5) is 5.69 Å². The van der Waals surface area contributed by atoms with Gasteiger partial charge in [-0.05, 0) is 56.7 Å². The average molecular weight is 290 g/mol. The van der Waals surface area contributed by atoms with Gasteiger partial charge in [-0.3, -0.25) is 0 Å². The summed E-state index contributed by atoms with van der Waals surface area (Å²) >= 11 is 0. The van der Waals surface area contributed by atoms with Crippen molar-refractivity contribution in [1.82, 2.24) is 5.32 Å². The van der Waals surface area contributed by atoms with Gasteiger partial charge in [0.05, 0.1) is 6.61 Å². The highest BCUT2D eigenvalue weighted by Gasteiger charge is 2.31. The van der Waals surface area contributed by atoms with Crippen LogP contribution in [0, 0.1) is 0 Å². The first-order valence-electron chi connectivity index (χ1n) is 8.25. The smallest absolute Gasteiger partial charge is 0.0610 e. The van der Waals surface area contributed by atoms with E-state index in [-0.39, 0.29) is 12.1 Å². The molecule has 0 bridgehead atoms. The van der Waals surface area contributed by atoms with Crippen LogP contribution in [0.5, 0.6) is 0 Å². The monoisotopic (exact) mass is 290 g/mol. The molecule has 2 rings (SSSR count). The maximum Gasteiger partial charge on any atom is 0.0610 e. The van der Waals surface area contributed by atoms with Crippen LogP contribution >= 0.6 is 0 Å². The molecule has 0 aromatic heterocycles. The van der Waals surface area contributed by atoms with Crippen LogP contribution in [-0.4, -0.2) is 36.9 Å². The zero-order valence-corrected chi connectivity index (χ0v) is 13.7. The second-order valence-corrected chi connectivity index (χ2v) is 6.68. The summed E-state index contributed by atoms with van der Waals surface area (Å²) in [5.74, 6) is 0. The normalized spacial score (nSPS) is 17.5. The molecular weight excluding hydrogens is 260 g/mol. The van der Waals surface area contributed by atoms with E-state index in [0.29, 0.717) is 6.04 Å². The van der Waals surface area contributed by atoms with Gasteiger partial charge in [-0.1, -0.05) is 19.1 Å². The Balaban J connectivity index is 1.78. The molecule has 1 atom stereocenters. The van der Waals surface area contributed by atoms with E-state index in [2.05, 4.69) is 55.4 Å². The first-order valence-corrected chi connectivity index (χ1v) is 8.25. The topological polar surface area (TPSA) is 35.5 Å². The van der Waals surface area contributed by atoms with Crippen molar-refractivity contribution in [3.63, 3.8) is 0 Å². The third kappa shape index (κ3) is 5.01. The summed E-state index contributed by atoms with van der Waals surface area (Å²) in [6, 6.07) is 9.46. The van der Waals surface area contributed by atoms with E-state index < -0.39 is 0 Å². The summed E-state index contributed by atoms with van der Waals surface area (Å²) in [6.07, 6.45) is 5.71. The van der Waals surface area contributed by atoms with Crippen molar-refractivity contribution in [2.24, 2.45) is 0 Å². The third-order valence-electron chi connectivity index (χ3n) is 4.49. The second kappa shape index (κ2) is 7.28. The standard InChI is InChI=1S/C18H30N2O/c1-4-15-6-10-17(11-7-15)20(3)13-5-12-18(2,14-21)19-16-8-9-16/h6-7,10-11,16,19,21H,4-5,8-9,12-14H2,1-3H3. The molecule has 2 N–H and O–H groups in total. The fraction of sp³-hybridized carbons (Fsp3) is 0.667. The minimum Gasteiger partial charge on any atom is -0.394 e. The second-order valence-electron chi connectivity index (χ2n) is 6.68. The number of hydrogen-bond donors (Lipinski definition) is 2. The van der Waals surface area contributed by atoms with E-state index in [1.54, 1.807) is 0 Å². The quantitative estimate of drug-likeness (QED) is 0.734. The number of aliphatic hydroxyl groups is 1. The highest BCUT2D eigenvalue weighted by molar-refractivity contribution is 5.46. The lowest BCUT2D eigenvalue weighted by Crippen LogP contribution is -2.47. The van der Waals surface area contributed by atoms with Gasteiger partial charge in [0.15, 0.2) is 0 Å². The van der Waals surface area contributed by atoms with Gasteiger partial charge in [-0.2, -0.15) is 0 Å². The van der Waals surface area contributed by atoms with Gasteiger partial charge in [0.1, 0.15) is 0 Å². The van der Waals surface area contributed by atoms with Gasteiger partial charge >= 0.3 is 0 Å². The first kappa shape index (κ1) is 16.3. The summed E-state index contributed by atoms with van der Waals surface area (Å²) in [5.41, 5.74) is 2.54. The highest BCUT2D eigenvalue weighted by atomic mass is 16.3. The molecule has 0 spiro atoms. The number of hydrogen-bond acceptors (Lipinski definition) is 3. The van der Waals surface area contributed by atoms with Crippen LogP contribution < -0.4 is 10.2 Å². The van der Waals surface area contributed by atoms with Crippen LogP contribution in [0.2, 0.25) is 0 Å². The number of anilines is 1. The van der Waals surface area contributed by atoms with Crippen molar-refractivity contribution in [1.29, 1.82) is 0 Å². The molecule has 3 heteroatoms. The van der Waals surface area contributed by atoms with Crippen molar-refractivity contribution >= 4 is 5.69 Å². The zero-order chi connectivity index (χ0) is 15.3. The first-order chi connectivity index (χ1) is 10.1. The Hall–Kier alpha value is -1.06. The molecule has 118 valence electrons. The lowest BCUT2D eigenvalue weighted by Gasteiger charge is -2.30. The summed E-state index contributed by atoms with van der Waals surface area (Å²) in [5, 5.41) is 13.2. The Morgan fingerprint density at radius 3 is 2.48 bits per heavy atom. The molecule has 0 amide bonds. The van der Waals surface area contributed by atoms with Gasteiger partial charge < -0.3 is 15.3 Å². The van der Waals surface area contributed by atoms with E-state index in [0.717, 1.165) is 25.8 Å². The predicted octanol–water partition coefficient (Wildman–Crippen LogP) is 2.97. The molecule has 1 fully saturated rings. The molecule has 1 aliphatic carbocycles. The zero-order valence-electron chi connectivity index (χ0n) is 13.7. The van der Waals surface area contributed by atoms with Crippen LogP contribution in [0.25, 0.3) is 0 Å². The third-order valence-corrected chi connectivity index (χ3v) is 4.49. The van der Waals surface area contributed by atoms with Crippen LogP contribution in [0.1, 0.15) is 45.1 Å². The Kier molecular flexibility index (Phi) is 5.65. The molecule has 0 heterocycles. The minimum absolute atomic E-state index is 0.117. The van der Waals surface area contributed by atoms with Crippen LogP contribution in [0.3, 0.4) is 0 Å². The van der Waals surface area contributed by atoms with Crippen molar-refractivity contribution in [3.8, 4) is 0 Å². The van der Waals surface area contributed by atoms with Crippen molar-refractivity contribution in [2.45, 2.75) is 57.5 Å². The van der Waals surface area contributed by atoms with Gasteiger partial charge in [0, 0.05) is 30.9 Å². The van der Waals surface area contributed by atoms with Gasteiger partial charge in [0.2, 0.25) is 0 Å². The fourth-order valence-electron chi connectivity index (χ4n) is 2.74.